The molecule has 1 aliphatic carbocycles. The number of nitrogens with zero attached hydrogens (tertiary/aromatic N) is 2. The Hall–Kier alpha value is -2.61. The van der Waals surface area contributed by atoms with Crippen molar-refractivity contribution in [3.8, 4) is 5.75 Å². The van der Waals surface area contributed by atoms with E-state index in [-0.39, 0.29) is 48.3 Å². The molecule has 1 heterocycles. The second-order valence-corrected chi connectivity index (χ2v) is 9.11. The van der Waals surface area contributed by atoms with Crippen LogP contribution < -0.4 is 10.1 Å². The Balaban J connectivity index is 1.95. The molecule has 32 heavy (non-hydrogen) atoms. The highest BCUT2D eigenvalue weighted by molar-refractivity contribution is 5.98. The maximum atomic E-state index is 13.2. The summed E-state index contributed by atoms with van der Waals surface area (Å²) in [5.41, 5.74) is 0.964. The fourth-order valence-electron chi connectivity index (χ4n) is 4.25. The summed E-state index contributed by atoms with van der Waals surface area (Å²) < 4.78 is 11.8. The second-order valence-electron chi connectivity index (χ2n) is 9.11. The number of likely N-dealkylation sites (N-methyl/N-ethyl adjacent to an activating group) is 1. The molecule has 2 aliphatic rings. The number of amides is 3. The Morgan fingerprint density at radius 3 is 2.50 bits per heavy atom. The van der Waals surface area contributed by atoms with E-state index in [4.69, 9.17) is 9.47 Å². The van der Waals surface area contributed by atoms with Crippen molar-refractivity contribution in [2.24, 2.45) is 11.8 Å². The molecular formula is C24H35N3O5. The normalized spacial score (nSPS) is 25.0. The van der Waals surface area contributed by atoms with Crippen molar-refractivity contribution in [1.82, 2.24) is 9.80 Å². The second kappa shape index (κ2) is 10.3. The van der Waals surface area contributed by atoms with Crippen LogP contribution in [0.4, 0.5) is 5.69 Å². The molecule has 3 amide bonds. The van der Waals surface area contributed by atoms with Gasteiger partial charge < -0.3 is 24.6 Å². The van der Waals surface area contributed by atoms with Crippen LogP contribution in [0.15, 0.2) is 18.2 Å². The molecule has 8 nitrogen and oxygen atoms in total. The van der Waals surface area contributed by atoms with Gasteiger partial charge in [-0.15, -0.1) is 0 Å². The summed E-state index contributed by atoms with van der Waals surface area (Å²) in [6.07, 6.45) is 2.75. The molecule has 0 radical (unpaired) electrons. The lowest BCUT2D eigenvalue weighted by Crippen LogP contribution is -2.51. The molecule has 1 N–H and O–H groups in total. The largest absolute Gasteiger partial charge is 0.491 e. The summed E-state index contributed by atoms with van der Waals surface area (Å²) in [7, 11) is 3.38. The Morgan fingerprint density at radius 2 is 1.91 bits per heavy atom. The summed E-state index contributed by atoms with van der Waals surface area (Å²) in [4.78, 5) is 41.4. The topological polar surface area (TPSA) is 88.2 Å². The van der Waals surface area contributed by atoms with Crippen LogP contribution in [0.5, 0.6) is 5.75 Å². The molecule has 0 spiro atoms. The number of ether oxygens (including phenoxy) is 2. The lowest BCUT2D eigenvalue weighted by atomic mass is 9.83. The van der Waals surface area contributed by atoms with E-state index in [0.717, 1.165) is 19.3 Å². The maximum absolute atomic E-state index is 13.2. The fraction of sp³-hybridized carbons (Fsp3) is 0.625. The first-order valence-electron chi connectivity index (χ1n) is 11.3. The highest BCUT2D eigenvalue weighted by atomic mass is 16.5. The van der Waals surface area contributed by atoms with Crippen molar-refractivity contribution in [1.29, 1.82) is 0 Å². The zero-order valence-corrected chi connectivity index (χ0v) is 19.7. The first-order chi connectivity index (χ1) is 15.2. The minimum absolute atomic E-state index is 0.0442. The standard InChI is InChI=1S/C24H35N3O5/c1-15-12-27(23(29)18-7-6-8-18)16(2)14-32-21-11-19(25-17(3)28)9-10-20(21)24(30)26(4)13-22(15)31-5/h9-11,15-16,18,22H,6-8,12-14H2,1-5H3,(H,25,28)/t15-,16-,22-/m1/s1. The van der Waals surface area contributed by atoms with Crippen molar-refractivity contribution in [3.63, 3.8) is 0 Å². The van der Waals surface area contributed by atoms with E-state index in [2.05, 4.69) is 12.2 Å². The number of carbonyl (C=O) groups excluding carboxylic acids is 3. The Kier molecular flexibility index (Phi) is 7.77. The Bertz CT molecular complexity index is 854. The first kappa shape index (κ1) is 24.0. The number of benzene rings is 1. The molecule has 1 aromatic rings. The van der Waals surface area contributed by atoms with Gasteiger partial charge in [0, 0.05) is 57.8 Å². The van der Waals surface area contributed by atoms with E-state index in [1.165, 1.54) is 6.92 Å². The van der Waals surface area contributed by atoms with E-state index < -0.39 is 0 Å². The van der Waals surface area contributed by atoms with Gasteiger partial charge in [0.15, 0.2) is 0 Å². The predicted molar refractivity (Wildman–Crippen MR) is 122 cm³/mol. The third-order valence-corrected chi connectivity index (χ3v) is 6.50. The van der Waals surface area contributed by atoms with Crippen molar-refractivity contribution in [3.05, 3.63) is 23.8 Å². The quantitative estimate of drug-likeness (QED) is 0.773. The van der Waals surface area contributed by atoms with Gasteiger partial charge >= 0.3 is 0 Å². The van der Waals surface area contributed by atoms with Gasteiger partial charge in [-0.2, -0.15) is 0 Å². The van der Waals surface area contributed by atoms with Gasteiger partial charge in [0.05, 0.1) is 17.7 Å². The molecule has 0 saturated heterocycles. The first-order valence-corrected chi connectivity index (χ1v) is 11.3. The number of anilines is 1. The number of hydrogen-bond acceptors (Lipinski definition) is 5. The van der Waals surface area contributed by atoms with E-state index in [1.807, 2.05) is 11.8 Å². The van der Waals surface area contributed by atoms with Crippen LogP contribution in [0, 0.1) is 11.8 Å². The van der Waals surface area contributed by atoms with Gasteiger partial charge in [0.2, 0.25) is 11.8 Å². The van der Waals surface area contributed by atoms with Crippen LogP contribution >= 0.6 is 0 Å². The molecular weight excluding hydrogens is 410 g/mol. The molecule has 0 bridgehead atoms. The summed E-state index contributed by atoms with van der Waals surface area (Å²) in [5, 5.41) is 2.73. The van der Waals surface area contributed by atoms with Gasteiger partial charge in [0.25, 0.3) is 5.91 Å². The SMILES string of the molecule is CO[C@@H]1CN(C)C(=O)c2ccc(NC(C)=O)cc2OC[C@@H](C)N(C(=O)C2CCC2)C[C@H]1C. The lowest BCUT2D eigenvalue weighted by Gasteiger charge is -2.39. The summed E-state index contributed by atoms with van der Waals surface area (Å²) in [6.45, 7) is 6.64. The number of nitrogens with one attached hydrogen (secondary N) is 1. The van der Waals surface area contributed by atoms with Crippen molar-refractivity contribution < 1.29 is 23.9 Å². The summed E-state index contributed by atoms with van der Waals surface area (Å²) in [5.74, 6) is 0.300. The molecule has 1 fully saturated rings. The van der Waals surface area contributed by atoms with Crippen LogP contribution in [0.3, 0.4) is 0 Å². The number of methoxy groups -OCH3 is 1. The van der Waals surface area contributed by atoms with Gasteiger partial charge in [-0.1, -0.05) is 13.3 Å². The predicted octanol–water partition coefficient (Wildman–Crippen LogP) is 2.78. The van der Waals surface area contributed by atoms with Gasteiger partial charge in [-0.25, -0.2) is 0 Å². The van der Waals surface area contributed by atoms with Crippen molar-refractivity contribution in [2.75, 3.05) is 39.2 Å². The average Bonchev–Trinajstić information content (AvgIpc) is 2.70. The zero-order chi connectivity index (χ0) is 23.4. The minimum Gasteiger partial charge on any atom is -0.491 e. The molecule has 3 rings (SSSR count). The molecule has 8 heteroatoms. The molecule has 1 aliphatic heterocycles. The smallest absolute Gasteiger partial charge is 0.257 e. The number of carbonyl (C=O) groups is 3. The van der Waals surface area contributed by atoms with Crippen LogP contribution in [-0.2, 0) is 14.3 Å². The third-order valence-electron chi connectivity index (χ3n) is 6.50. The van der Waals surface area contributed by atoms with Crippen LogP contribution in [-0.4, -0.2) is 73.5 Å². The Morgan fingerprint density at radius 1 is 1.19 bits per heavy atom. The molecule has 0 aromatic heterocycles. The molecule has 0 unspecified atom stereocenters. The number of hydrogen-bond donors (Lipinski definition) is 1. The Labute approximate surface area is 190 Å². The van der Waals surface area contributed by atoms with Crippen molar-refractivity contribution in [2.45, 2.75) is 52.2 Å². The third kappa shape index (κ3) is 5.41. The van der Waals surface area contributed by atoms with Crippen LogP contribution in [0.1, 0.15) is 50.4 Å². The van der Waals surface area contributed by atoms with Gasteiger partial charge in [-0.05, 0) is 31.9 Å². The van der Waals surface area contributed by atoms with E-state index >= 15 is 0 Å². The molecule has 176 valence electrons. The number of rotatable bonds is 3. The fourth-order valence-corrected chi connectivity index (χ4v) is 4.25. The number of fused-ring (bicyclic) bond motifs is 1. The van der Waals surface area contributed by atoms with E-state index in [9.17, 15) is 14.4 Å². The molecule has 3 atom stereocenters. The average molecular weight is 446 g/mol. The minimum atomic E-state index is -0.213. The van der Waals surface area contributed by atoms with E-state index in [0.29, 0.717) is 30.1 Å². The monoisotopic (exact) mass is 445 g/mol. The van der Waals surface area contributed by atoms with Gasteiger partial charge in [0.1, 0.15) is 12.4 Å². The molecule has 1 aromatic carbocycles. The van der Waals surface area contributed by atoms with Crippen molar-refractivity contribution >= 4 is 23.4 Å². The lowest BCUT2D eigenvalue weighted by molar-refractivity contribution is -0.142. The van der Waals surface area contributed by atoms with Gasteiger partial charge in [-0.3, -0.25) is 14.4 Å². The highest BCUT2D eigenvalue weighted by Crippen LogP contribution is 2.31. The summed E-state index contributed by atoms with van der Waals surface area (Å²) in [6, 6.07) is 4.84. The highest BCUT2D eigenvalue weighted by Gasteiger charge is 2.35. The van der Waals surface area contributed by atoms with Crippen LogP contribution in [0.2, 0.25) is 0 Å². The van der Waals surface area contributed by atoms with E-state index in [1.54, 1.807) is 37.3 Å². The summed E-state index contributed by atoms with van der Waals surface area (Å²) >= 11 is 0. The maximum Gasteiger partial charge on any atom is 0.257 e. The molecule has 1 saturated carbocycles. The van der Waals surface area contributed by atoms with Crippen LogP contribution in [0.25, 0.3) is 0 Å². The zero-order valence-electron chi connectivity index (χ0n) is 19.7.